The van der Waals surface area contributed by atoms with Gasteiger partial charge in [0.1, 0.15) is 4.70 Å². The molecule has 16 heteroatoms. The molecule has 4 rings (SSSR count). The van der Waals surface area contributed by atoms with Crippen molar-refractivity contribution < 1.29 is 44.5 Å². The predicted molar refractivity (Wildman–Crippen MR) is 173 cm³/mol. The lowest BCUT2D eigenvalue weighted by Crippen LogP contribution is -2.36. The summed E-state index contributed by atoms with van der Waals surface area (Å²) in [5.41, 5.74) is 4.96. The van der Waals surface area contributed by atoms with Crippen LogP contribution in [0.5, 0.6) is 5.75 Å². The minimum absolute atomic E-state index is 0.195. The third-order valence-electron chi connectivity index (χ3n) is 6.76. The maximum Gasteiger partial charge on any atom is 0.337 e. The van der Waals surface area contributed by atoms with Gasteiger partial charge in [-0.25, -0.2) is 4.79 Å². The lowest BCUT2D eigenvalue weighted by atomic mass is 10.1. The number of nitrogens with one attached hydrogen (secondary N) is 1. The number of hydroxylamine groups is 1. The van der Waals surface area contributed by atoms with Gasteiger partial charge in [-0.15, -0.1) is 0 Å². The quantitative estimate of drug-likeness (QED) is 0.0982. The molecule has 0 aliphatic carbocycles. The lowest BCUT2D eigenvalue weighted by molar-refractivity contribution is -0.668. The standard InChI is InChI=1S/C29H34ClN3O9S3/c1-4-20(17-28-33(13-6-14-44(35,36)37)24-19-22(30)9-11-26(24)43-28)16-27-32(12-7-15-45(38,39)42-31-5-2)23-18-21(29(34)40-3)8-10-25(23)41-27/h8-11,16-19,31H,4-7,12-15H2,1-3H3/p+1. The van der Waals surface area contributed by atoms with Crippen LogP contribution in [0, 0.1) is 0 Å². The average Bonchev–Trinajstić information content (AvgIpc) is 3.50. The van der Waals surface area contributed by atoms with Gasteiger partial charge in [-0.1, -0.05) is 36.8 Å². The number of aromatic nitrogens is 1. The van der Waals surface area contributed by atoms with Crippen LogP contribution in [0.25, 0.3) is 16.3 Å². The van der Waals surface area contributed by atoms with Crippen LogP contribution >= 0.6 is 22.9 Å². The van der Waals surface area contributed by atoms with Crippen molar-refractivity contribution in [2.45, 2.75) is 39.7 Å². The molecule has 1 aromatic heterocycles. The van der Waals surface area contributed by atoms with Crippen molar-refractivity contribution in [3.05, 3.63) is 69.5 Å². The van der Waals surface area contributed by atoms with Crippen LogP contribution in [0.2, 0.25) is 5.02 Å². The molecule has 2 N–H and O–H groups in total. The summed E-state index contributed by atoms with van der Waals surface area (Å²) in [6.45, 7) is 4.59. The van der Waals surface area contributed by atoms with E-state index in [-0.39, 0.29) is 30.9 Å². The van der Waals surface area contributed by atoms with Gasteiger partial charge in [0.15, 0.2) is 12.3 Å². The van der Waals surface area contributed by atoms with Crippen molar-refractivity contribution in [1.29, 1.82) is 0 Å². The Labute approximate surface area is 271 Å². The summed E-state index contributed by atoms with van der Waals surface area (Å²) in [6, 6.07) is 10.4. The number of benzene rings is 2. The highest BCUT2D eigenvalue weighted by atomic mass is 35.5. The molecule has 0 bridgehead atoms. The minimum atomic E-state index is -4.12. The number of carbonyl (C=O) groups excluding carboxylic acids is 1. The zero-order valence-electron chi connectivity index (χ0n) is 25.0. The second-order valence-corrected chi connectivity index (χ2v) is 14.8. The van der Waals surface area contributed by atoms with Gasteiger partial charge in [0.05, 0.1) is 29.9 Å². The van der Waals surface area contributed by atoms with E-state index in [1.807, 2.05) is 35.8 Å². The zero-order valence-corrected chi connectivity index (χ0v) is 28.2. The molecule has 0 radical (unpaired) electrons. The van der Waals surface area contributed by atoms with E-state index in [0.717, 1.165) is 20.8 Å². The number of thiazole rings is 1. The first kappa shape index (κ1) is 34.8. The Kier molecular flexibility index (Phi) is 11.6. The van der Waals surface area contributed by atoms with E-state index < -0.39 is 26.2 Å². The summed E-state index contributed by atoms with van der Waals surface area (Å²) in [5.74, 6) is -0.218. The van der Waals surface area contributed by atoms with Crippen molar-refractivity contribution in [2.75, 3.05) is 36.6 Å². The van der Waals surface area contributed by atoms with Crippen molar-refractivity contribution >= 4 is 71.1 Å². The number of anilines is 1. The van der Waals surface area contributed by atoms with Crippen molar-refractivity contribution in [1.82, 2.24) is 5.48 Å². The maximum atomic E-state index is 12.3. The molecule has 0 atom stereocenters. The number of ether oxygens (including phenoxy) is 2. The Morgan fingerprint density at radius 2 is 1.91 bits per heavy atom. The van der Waals surface area contributed by atoms with E-state index in [1.165, 1.54) is 18.4 Å². The first-order valence-electron chi connectivity index (χ1n) is 14.1. The molecule has 0 fully saturated rings. The number of hydrogen-bond donors (Lipinski definition) is 2. The molecule has 0 unspecified atom stereocenters. The van der Waals surface area contributed by atoms with Crippen LogP contribution in [-0.4, -0.2) is 59.1 Å². The van der Waals surface area contributed by atoms with Crippen LogP contribution in [-0.2, 0) is 35.8 Å². The Bertz CT molecular complexity index is 1840. The summed E-state index contributed by atoms with van der Waals surface area (Å²) < 4.78 is 75.3. The number of allylic oxidation sites excluding steroid dienone is 2. The van der Waals surface area contributed by atoms with Crippen molar-refractivity contribution in [3.8, 4) is 5.75 Å². The van der Waals surface area contributed by atoms with Gasteiger partial charge >= 0.3 is 5.97 Å². The fourth-order valence-corrected chi connectivity index (χ4v) is 7.32. The molecular weight excluding hydrogens is 666 g/mol. The van der Waals surface area contributed by atoms with E-state index in [2.05, 4.69) is 5.48 Å². The number of rotatable bonds is 15. The molecule has 0 saturated carbocycles. The smallest absolute Gasteiger partial charge is 0.337 e. The molecule has 244 valence electrons. The van der Waals surface area contributed by atoms with Crippen LogP contribution in [0.1, 0.15) is 48.5 Å². The van der Waals surface area contributed by atoms with Gasteiger partial charge in [0.25, 0.3) is 25.2 Å². The van der Waals surface area contributed by atoms with E-state index >= 15 is 0 Å². The van der Waals surface area contributed by atoms with E-state index in [1.54, 1.807) is 36.1 Å². The van der Waals surface area contributed by atoms with Crippen molar-refractivity contribution in [2.24, 2.45) is 0 Å². The number of fused-ring (bicyclic) bond motifs is 2. The SMILES string of the molecule is CCNOS(=O)(=O)CCCN1C(=CC(=Cc2sc3ccc(Cl)cc3[n+]2CCCS(=O)(=O)O)CC)Oc2ccc(C(=O)OC)cc21. The Balaban J connectivity index is 1.70. The third-order valence-corrected chi connectivity index (χ3v) is 10.1. The van der Waals surface area contributed by atoms with Crippen LogP contribution in [0.15, 0.2) is 53.9 Å². The third kappa shape index (κ3) is 9.25. The second kappa shape index (κ2) is 15.0. The van der Waals surface area contributed by atoms with Gasteiger partial charge in [0.2, 0.25) is 11.4 Å². The topological polar surface area (TPSA) is 152 Å². The monoisotopic (exact) mass is 700 g/mol. The van der Waals surface area contributed by atoms with Crippen molar-refractivity contribution in [3.63, 3.8) is 0 Å². The molecule has 2 aromatic carbocycles. The molecule has 12 nitrogen and oxygen atoms in total. The molecule has 1 aliphatic rings. The van der Waals surface area contributed by atoms with Gasteiger partial charge in [-0.3, -0.25) is 4.55 Å². The first-order valence-corrected chi connectivity index (χ1v) is 18.5. The van der Waals surface area contributed by atoms with Gasteiger partial charge < -0.3 is 14.4 Å². The highest BCUT2D eigenvalue weighted by Gasteiger charge is 2.29. The number of halogens is 1. The number of hydrogen-bond acceptors (Lipinski definition) is 11. The predicted octanol–water partition coefficient (Wildman–Crippen LogP) is 4.70. The number of aryl methyl sites for hydroxylation is 1. The number of esters is 1. The molecule has 0 spiro atoms. The number of methoxy groups -OCH3 is 1. The van der Waals surface area contributed by atoms with E-state index in [0.29, 0.717) is 47.4 Å². The fraction of sp³-hybridized carbons (Fsp3) is 0.379. The minimum Gasteiger partial charge on any atom is -0.465 e. The highest BCUT2D eigenvalue weighted by Crippen LogP contribution is 2.40. The molecule has 0 saturated heterocycles. The van der Waals surface area contributed by atoms with Crippen LogP contribution in [0.4, 0.5) is 5.69 Å². The highest BCUT2D eigenvalue weighted by molar-refractivity contribution is 7.86. The molecular formula is C29H35ClN3O9S3+. The zero-order chi connectivity index (χ0) is 32.8. The Morgan fingerprint density at radius 3 is 2.60 bits per heavy atom. The average molecular weight is 701 g/mol. The normalized spacial score (nSPS) is 14.6. The fourth-order valence-electron chi connectivity index (χ4n) is 4.65. The molecule has 3 aromatic rings. The molecule has 0 amide bonds. The number of nitrogens with zero attached hydrogens (tertiary/aromatic N) is 2. The summed E-state index contributed by atoms with van der Waals surface area (Å²) in [4.78, 5) is 14.1. The summed E-state index contributed by atoms with van der Waals surface area (Å²) in [6.07, 6.45) is 4.81. The summed E-state index contributed by atoms with van der Waals surface area (Å²) >= 11 is 7.78. The number of carbonyl (C=O) groups is 1. The van der Waals surface area contributed by atoms with Gasteiger partial charge in [0, 0.05) is 42.8 Å². The van der Waals surface area contributed by atoms with E-state index in [4.69, 9.17) is 25.4 Å². The Hall–Kier alpha value is -3.05. The van der Waals surface area contributed by atoms with Gasteiger partial charge in [-0.05, 0) is 48.7 Å². The summed E-state index contributed by atoms with van der Waals surface area (Å²) in [7, 11) is -6.64. The largest absolute Gasteiger partial charge is 0.465 e. The second-order valence-electron chi connectivity index (χ2n) is 10.0. The van der Waals surface area contributed by atoms with E-state index in [9.17, 15) is 26.2 Å². The molecule has 2 heterocycles. The van der Waals surface area contributed by atoms with Gasteiger partial charge in [-0.2, -0.15) is 31.2 Å². The first-order chi connectivity index (χ1) is 21.3. The molecule has 45 heavy (non-hydrogen) atoms. The summed E-state index contributed by atoms with van der Waals surface area (Å²) in [5, 5.41) is 1.37. The lowest BCUT2D eigenvalue weighted by Gasteiger charge is -2.19. The maximum absolute atomic E-state index is 12.3. The Morgan fingerprint density at radius 1 is 1.13 bits per heavy atom. The van der Waals surface area contributed by atoms with Crippen LogP contribution < -0.4 is 19.7 Å². The van der Waals surface area contributed by atoms with Crippen LogP contribution in [0.3, 0.4) is 0 Å². The molecule has 1 aliphatic heterocycles.